The number of hydrogen-bond acceptors (Lipinski definition) is 1. The Labute approximate surface area is 141 Å². The minimum atomic E-state index is -10.7. The van der Waals surface area contributed by atoms with E-state index in [0.29, 0.717) is 0 Å². The quantitative estimate of drug-likeness (QED) is 0.195. The third kappa shape index (κ3) is 11.6. The van der Waals surface area contributed by atoms with E-state index in [1.807, 2.05) is 11.3 Å². The van der Waals surface area contributed by atoms with E-state index in [1.165, 1.54) is 55.3 Å². The van der Waals surface area contributed by atoms with Crippen molar-refractivity contribution in [1.29, 1.82) is 0 Å². The molecule has 0 aliphatic rings. The van der Waals surface area contributed by atoms with Gasteiger partial charge in [0.05, 0.1) is 0 Å². The van der Waals surface area contributed by atoms with Gasteiger partial charge in [0.25, 0.3) is 0 Å². The van der Waals surface area contributed by atoms with Crippen molar-refractivity contribution in [1.82, 2.24) is 0 Å². The summed E-state index contributed by atoms with van der Waals surface area (Å²) in [6.45, 7) is 3.45. The van der Waals surface area contributed by atoms with Crippen LogP contribution in [0.1, 0.15) is 45.4 Å². The van der Waals surface area contributed by atoms with Crippen LogP contribution in [-0.4, -0.2) is 0 Å². The van der Waals surface area contributed by atoms with Gasteiger partial charge in [-0.25, -0.2) is 0 Å². The number of thiazole rings is 1. The Kier molecular flexibility index (Phi) is 6.67. The number of benzene rings is 1. The van der Waals surface area contributed by atoms with Crippen LogP contribution in [0.15, 0.2) is 29.8 Å². The SMILES string of the molecule is CCCCCCCC[n+]1csc2ccccc21.F[P-](F)(F)(F)(F)F. The summed E-state index contributed by atoms with van der Waals surface area (Å²) in [4.78, 5) is 0. The summed E-state index contributed by atoms with van der Waals surface area (Å²) < 4.78 is 63.0. The van der Waals surface area contributed by atoms with Gasteiger partial charge in [-0.3, -0.25) is 0 Å². The molecule has 1 heterocycles. The second kappa shape index (κ2) is 7.56. The average Bonchev–Trinajstić information content (AvgIpc) is 2.83. The summed E-state index contributed by atoms with van der Waals surface area (Å²) in [6, 6.07) is 8.68. The molecule has 24 heavy (non-hydrogen) atoms. The van der Waals surface area contributed by atoms with E-state index in [2.05, 4.69) is 41.3 Å². The minimum absolute atomic E-state index is 1.18. The molecule has 0 N–H and O–H groups in total. The molecule has 1 aromatic carbocycles. The number of para-hydroxylation sites is 1. The Hall–Kier alpha value is -0.880. The summed E-state index contributed by atoms with van der Waals surface area (Å²) in [6.07, 6.45) is 8.23. The number of fused-ring (bicyclic) bond motifs is 1. The molecular weight excluding hydrogens is 371 g/mol. The number of hydrogen-bond donors (Lipinski definition) is 0. The average molecular weight is 393 g/mol. The standard InChI is InChI=1S/C15H22NS.F6P/c1-2-3-4-5-6-9-12-16-13-17-15-11-8-7-10-14(15)16;1-7(2,3,4,5)6/h7-8,10-11,13H,2-6,9,12H2,1H3;/q+1;-1. The molecule has 0 spiro atoms. The Morgan fingerprint density at radius 1 is 0.875 bits per heavy atom. The molecule has 0 atom stereocenters. The number of aryl methyl sites for hydroxylation is 1. The number of nitrogens with zero attached hydrogens (tertiary/aromatic N) is 1. The fraction of sp³-hybridized carbons (Fsp3) is 0.533. The van der Waals surface area contributed by atoms with Crippen molar-refractivity contribution in [3.63, 3.8) is 0 Å². The molecule has 0 saturated heterocycles. The third-order valence-corrected chi connectivity index (χ3v) is 4.19. The number of rotatable bonds is 7. The Morgan fingerprint density at radius 2 is 1.42 bits per heavy atom. The van der Waals surface area contributed by atoms with Crippen molar-refractivity contribution in [2.75, 3.05) is 0 Å². The van der Waals surface area contributed by atoms with E-state index in [-0.39, 0.29) is 0 Å². The molecule has 0 aliphatic heterocycles. The van der Waals surface area contributed by atoms with Crippen LogP contribution in [-0.2, 0) is 6.54 Å². The van der Waals surface area contributed by atoms with Crippen molar-refractivity contribution in [3.05, 3.63) is 29.8 Å². The van der Waals surface area contributed by atoms with Gasteiger partial charge in [0.2, 0.25) is 11.0 Å². The van der Waals surface area contributed by atoms with Crippen LogP contribution in [0.3, 0.4) is 0 Å². The zero-order chi connectivity index (χ0) is 18.3. The maximum absolute atomic E-state index is 10.7. The summed E-state index contributed by atoms with van der Waals surface area (Å²) in [7, 11) is -10.7. The van der Waals surface area contributed by atoms with Crippen molar-refractivity contribution < 1.29 is 29.7 Å². The fourth-order valence-corrected chi connectivity index (χ4v) is 3.13. The summed E-state index contributed by atoms with van der Waals surface area (Å²) in [5, 5.41) is 0. The van der Waals surface area contributed by atoms with Gasteiger partial charge in [0, 0.05) is 12.5 Å². The summed E-state index contributed by atoms with van der Waals surface area (Å²) in [5.74, 6) is 0. The molecule has 1 nitrogen and oxygen atoms in total. The zero-order valence-electron chi connectivity index (χ0n) is 13.4. The second-order valence-electron chi connectivity index (χ2n) is 5.61. The van der Waals surface area contributed by atoms with Gasteiger partial charge in [0.1, 0.15) is 11.2 Å². The molecule has 9 heteroatoms. The normalized spacial score (nSPS) is 14.6. The topological polar surface area (TPSA) is 3.88 Å². The molecule has 0 unspecified atom stereocenters. The molecule has 0 saturated carbocycles. The van der Waals surface area contributed by atoms with E-state index >= 15 is 0 Å². The Balaban J connectivity index is 0.000000351. The van der Waals surface area contributed by atoms with Gasteiger partial charge < -0.3 is 0 Å². The molecule has 2 rings (SSSR count). The van der Waals surface area contributed by atoms with Crippen molar-refractivity contribution >= 4 is 29.4 Å². The van der Waals surface area contributed by atoms with E-state index in [9.17, 15) is 25.2 Å². The molecule has 140 valence electrons. The van der Waals surface area contributed by atoms with Gasteiger partial charge in [0.15, 0.2) is 0 Å². The molecule has 0 amide bonds. The van der Waals surface area contributed by atoms with Gasteiger partial charge in [-0.2, -0.15) is 4.57 Å². The molecular formula is C15H22F6NPS. The van der Waals surface area contributed by atoms with Crippen molar-refractivity contribution in [2.45, 2.75) is 52.0 Å². The molecule has 0 fully saturated rings. The predicted molar refractivity (Wildman–Crippen MR) is 89.0 cm³/mol. The van der Waals surface area contributed by atoms with E-state index < -0.39 is 7.81 Å². The predicted octanol–water partition coefficient (Wildman–Crippen LogP) is 7.93. The first-order chi connectivity index (χ1) is 10.9. The third-order valence-electron chi connectivity index (χ3n) is 3.23. The zero-order valence-corrected chi connectivity index (χ0v) is 15.1. The van der Waals surface area contributed by atoms with Crippen LogP contribution in [0.5, 0.6) is 0 Å². The van der Waals surface area contributed by atoms with E-state index in [0.717, 1.165) is 0 Å². The van der Waals surface area contributed by atoms with Crippen LogP contribution in [0, 0.1) is 0 Å². The van der Waals surface area contributed by atoms with Gasteiger partial charge in [-0.1, -0.05) is 56.1 Å². The first-order valence-corrected chi connectivity index (χ1v) is 10.7. The fourth-order valence-electron chi connectivity index (χ4n) is 2.21. The maximum atomic E-state index is 9.87. The first kappa shape index (κ1) is 21.2. The molecule has 0 aliphatic carbocycles. The van der Waals surface area contributed by atoms with Crippen LogP contribution < -0.4 is 4.57 Å². The molecule has 2 aromatic rings. The van der Waals surface area contributed by atoms with Crippen LogP contribution in [0.25, 0.3) is 10.2 Å². The molecule has 1 aromatic heterocycles. The number of halogens is 6. The molecule has 0 radical (unpaired) electrons. The van der Waals surface area contributed by atoms with Gasteiger partial charge in [-0.15, -0.1) is 0 Å². The number of aromatic nitrogens is 1. The van der Waals surface area contributed by atoms with Crippen LogP contribution in [0.4, 0.5) is 25.2 Å². The van der Waals surface area contributed by atoms with E-state index in [1.54, 1.807) is 0 Å². The Morgan fingerprint density at radius 3 is 2.04 bits per heavy atom. The summed E-state index contributed by atoms with van der Waals surface area (Å²) >= 11 is 1.85. The van der Waals surface area contributed by atoms with Crippen molar-refractivity contribution in [2.24, 2.45) is 0 Å². The molecule has 0 bridgehead atoms. The van der Waals surface area contributed by atoms with E-state index in [4.69, 9.17) is 0 Å². The summed E-state index contributed by atoms with van der Waals surface area (Å²) in [5.41, 5.74) is 3.66. The van der Waals surface area contributed by atoms with Crippen molar-refractivity contribution in [3.8, 4) is 0 Å². The first-order valence-electron chi connectivity index (χ1n) is 7.79. The monoisotopic (exact) mass is 393 g/mol. The van der Waals surface area contributed by atoms with Gasteiger partial charge in [-0.05, 0) is 12.5 Å². The van der Waals surface area contributed by atoms with Crippen LogP contribution >= 0.6 is 19.1 Å². The van der Waals surface area contributed by atoms with Crippen LogP contribution in [0.2, 0.25) is 0 Å². The van der Waals surface area contributed by atoms with Gasteiger partial charge >= 0.3 is 33.0 Å². The second-order valence-corrected chi connectivity index (χ2v) is 8.41. The Bertz CT molecular complexity index is 626. The number of unbranched alkanes of at least 4 members (excludes halogenated alkanes) is 5.